The van der Waals surface area contributed by atoms with Crippen LogP contribution >= 0.6 is 0 Å². The number of carboxylic acid groups (broad SMARTS) is 1. The van der Waals surface area contributed by atoms with Gasteiger partial charge in [-0.05, 0) is 60.9 Å². The number of carbonyl (C=O) groups is 1. The molecular formula is C28H38N2O3. The van der Waals surface area contributed by atoms with Gasteiger partial charge in [-0.1, -0.05) is 62.4 Å². The maximum Gasteiger partial charge on any atom is 0.321 e. The van der Waals surface area contributed by atoms with Crippen molar-refractivity contribution in [3.05, 3.63) is 65.7 Å². The Bertz CT molecular complexity index is 908. The highest BCUT2D eigenvalue weighted by molar-refractivity contribution is 5.73. The summed E-state index contributed by atoms with van der Waals surface area (Å²) >= 11 is 0. The Morgan fingerprint density at radius 3 is 2.33 bits per heavy atom. The van der Waals surface area contributed by atoms with E-state index in [0.717, 1.165) is 51.3 Å². The maximum atomic E-state index is 12.0. The van der Waals surface area contributed by atoms with Crippen LogP contribution in [0.25, 0.3) is 0 Å². The number of hydrogen-bond donors (Lipinski definition) is 1. The van der Waals surface area contributed by atoms with E-state index in [1.54, 1.807) is 7.11 Å². The molecule has 4 rings (SSSR count). The van der Waals surface area contributed by atoms with Crippen molar-refractivity contribution in [2.75, 3.05) is 39.8 Å². The Morgan fingerprint density at radius 1 is 1.03 bits per heavy atom. The van der Waals surface area contributed by atoms with Crippen molar-refractivity contribution in [2.45, 2.75) is 44.6 Å². The molecule has 3 atom stereocenters. The largest absolute Gasteiger partial charge is 0.496 e. The molecule has 0 unspecified atom stereocenters. The lowest BCUT2D eigenvalue weighted by Crippen LogP contribution is -2.44. The van der Waals surface area contributed by atoms with Crippen molar-refractivity contribution < 1.29 is 14.6 Å². The Labute approximate surface area is 198 Å². The van der Waals surface area contributed by atoms with Gasteiger partial charge in [0, 0.05) is 25.6 Å². The summed E-state index contributed by atoms with van der Waals surface area (Å²) in [6.45, 7) is 8.89. The number of likely N-dealkylation sites (tertiary alicyclic amines) is 2. The first-order valence-electron chi connectivity index (χ1n) is 12.3. The van der Waals surface area contributed by atoms with Gasteiger partial charge in [0.15, 0.2) is 0 Å². The summed E-state index contributed by atoms with van der Waals surface area (Å²) in [7, 11) is 1.76. The number of piperidine rings is 1. The molecule has 0 saturated carbocycles. The van der Waals surface area contributed by atoms with Crippen molar-refractivity contribution in [1.29, 1.82) is 0 Å². The number of rotatable bonds is 8. The van der Waals surface area contributed by atoms with Gasteiger partial charge in [0.05, 0.1) is 7.11 Å². The zero-order chi connectivity index (χ0) is 23.4. The van der Waals surface area contributed by atoms with E-state index < -0.39 is 12.0 Å². The Kier molecular flexibility index (Phi) is 7.71. The molecule has 2 heterocycles. The summed E-state index contributed by atoms with van der Waals surface area (Å²) in [5.74, 6) is 1.75. The van der Waals surface area contributed by atoms with Crippen LogP contribution in [-0.4, -0.2) is 66.8 Å². The van der Waals surface area contributed by atoms with E-state index in [0.29, 0.717) is 17.8 Å². The minimum Gasteiger partial charge on any atom is -0.496 e. The number of hydrogen-bond acceptors (Lipinski definition) is 4. The van der Waals surface area contributed by atoms with Crippen LogP contribution in [0.1, 0.15) is 49.7 Å². The predicted octanol–water partition coefficient (Wildman–Crippen LogP) is 4.70. The van der Waals surface area contributed by atoms with Crippen LogP contribution in [0.2, 0.25) is 0 Å². The number of benzene rings is 2. The van der Waals surface area contributed by atoms with Crippen molar-refractivity contribution >= 4 is 5.97 Å². The summed E-state index contributed by atoms with van der Waals surface area (Å²) in [6.07, 6.45) is 2.27. The van der Waals surface area contributed by atoms with Gasteiger partial charge in [-0.3, -0.25) is 9.69 Å². The van der Waals surface area contributed by atoms with E-state index in [1.807, 2.05) is 19.9 Å². The summed E-state index contributed by atoms with van der Waals surface area (Å²) in [6, 6.07) is 18.7. The first kappa shape index (κ1) is 23.8. The number of para-hydroxylation sites is 1. The van der Waals surface area contributed by atoms with Gasteiger partial charge in [-0.15, -0.1) is 0 Å². The highest BCUT2D eigenvalue weighted by Gasteiger charge is 2.41. The fourth-order valence-corrected chi connectivity index (χ4v) is 6.02. The highest BCUT2D eigenvalue weighted by atomic mass is 16.5. The zero-order valence-corrected chi connectivity index (χ0v) is 20.2. The van der Waals surface area contributed by atoms with Crippen molar-refractivity contribution in [2.24, 2.45) is 11.8 Å². The second kappa shape index (κ2) is 10.7. The van der Waals surface area contributed by atoms with Crippen LogP contribution in [0, 0.1) is 11.8 Å². The second-order valence-corrected chi connectivity index (χ2v) is 10.1. The Balaban J connectivity index is 1.44. The number of carboxylic acids is 1. The Morgan fingerprint density at radius 2 is 1.70 bits per heavy atom. The number of aliphatic carboxylic acids is 1. The third-order valence-corrected chi connectivity index (χ3v) is 7.63. The van der Waals surface area contributed by atoms with Crippen LogP contribution in [-0.2, 0) is 4.79 Å². The molecule has 178 valence electrons. The lowest BCUT2D eigenvalue weighted by molar-refractivity contribution is -0.144. The van der Waals surface area contributed by atoms with Crippen LogP contribution in [0.15, 0.2) is 54.6 Å². The van der Waals surface area contributed by atoms with E-state index in [1.165, 1.54) is 11.1 Å². The van der Waals surface area contributed by atoms with E-state index in [9.17, 15) is 9.90 Å². The topological polar surface area (TPSA) is 53.0 Å². The van der Waals surface area contributed by atoms with E-state index in [2.05, 4.69) is 58.3 Å². The monoisotopic (exact) mass is 450 g/mol. The molecule has 0 spiro atoms. The first-order valence-corrected chi connectivity index (χ1v) is 12.3. The van der Waals surface area contributed by atoms with Crippen molar-refractivity contribution in [3.63, 3.8) is 0 Å². The van der Waals surface area contributed by atoms with E-state index >= 15 is 0 Å². The predicted molar refractivity (Wildman–Crippen MR) is 132 cm³/mol. The third kappa shape index (κ3) is 5.42. The molecular weight excluding hydrogens is 412 g/mol. The van der Waals surface area contributed by atoms with Gasteiger partial charge in [-0.25, -0.2) is 0 Å². The van der Waals surface area contributed by atoms with Gasteiger partial charge < -0.3 is 14.7 Å². The fourth-order valence-electron chi connectivity index (χ4n) is 6.02. The highest BCUT2D eigenvalue weighted by Crippen LogP contribution is 2.38. The van der Waals surface area contributed by atoms with Crippen LogP contribution in [0.4, 0.5) is 0 Å². The second-order valence-electron chi connectivity index (χ2n) is 10.1. The van der Waals surface area contributed by atoms with Crippen LogP contribution in [0.3, 0.4) is 0 Å². The molecule has 0 aromatic heterocycles. The fraction of sp³-hybridized carbons (Fsp3) is 0.536. The average molecular weight is 451 g/mol. The maximum absolute atomic E-state index is 12.0. The molecule has 0 amide bonds. The molecule has 33 heavy (non-hydrogen) atoms. The minimum absolute atomic E-state index is 0.0919. The van der Waals surface area contributed by atoms with Crippen molar-refractivity contribution in [1.82, 2.24) is 9.80 Å². The van der Waals surface area contributed by atoms with E-state index in [-0.39, 0.29) is 5.92 Å². The molecule has 0 radical (unpaired) electrons. The minimum atomic E-state index is -0.699. The normalized spacial score (nSPS) is 23.6. The molecule has 0 aliphatic carbocycles. The molecule has 2 fully saturated rings. The standard InChI is InChI=1S/C28H38N2O3/c1-20(2)27(28(31)32)30-18-23(25(19-30)21-9-5-4-6-10-21)17-29-15-13-22(14-16-29)24-11-7-8-12-26(24)33-3/h4-12,20,22-23,25,27H,13-19H2,1-3H3,(H,31,32)/t23-,25+,27+/m0/s1. The molecule has 2 aromatic rings. The molecule has 1 N–H and O–H groups in total. The molecule has 5 heteroatoms. The third-order valence-electron chi connectivity index (χ3n) is 7.63. The molecule has 5 nitrogen and oxygen atoms in total. The molecule has 0 bridgehead atoms. The summed E-state index contributed by atoms with van der Waals surface area (Å²) in [5.41, 5.74) is 2.66. The van der Waals surface area contributed by atoms with E-state index in [4.69, 9.17) is 4.74 Å². The smallest absolute Gasteiger partial charge is 0.321 e. The molecule has 2 aliphatic heterocycles. The quantitative estimate of drug-likeness (QED) is 0.632. The van der Waals surface area contributed by atoms with Gasteiger partial charge in [0.1, 0.15) is 11.8 Å². The number of methoxy groups -OCH3 is 1. The summed E-state index contributed by atoms with van der Waals surface area (Å²) in [5, 5.41) is 9.89. The molecule has 2 aliphatic rings. The summed E-state index contributed by atoms with van der Waals surface area (Å²) < 4.78 is 5.60. The average Bonchev–Trinajstić information content (AvgIpc) is 3.22. The Hall–Kier alpha value is -2.37. The first-order chi connectivity index (χ1) is 16.0. The zero-order valence-electron chi connectivity index (χ0n) is 20.2. The summed E-state index contributed by atoms with van der Waals surface area (Å²) in [4.78, 5) is 16.8. The van der Waals surface area contributed by atoms with Gasteiger partial charge in [-0.2, -0.15) is 0 Å². The van der Waals surface area contributed by atoms with Gasteiger partial charge in [0.2, 0.25) is 0 Å². The van der Waals surface area contributed by atoms with Crippen LogP contribution in [0.5, 0.6) is 5.75 Å². The molecule has 2 aromatic carbocycles. The van der Waals surface area contributed by atoms with Gasteiger partial charge in [0.25, 0.3) is 0 Å². The molecule has 2 saturated heterocycles. The number of ether oxygens (including phenoxy) is 1. The van der Waals surface area contributed by atoms with Crippen LogP contribution < -0.4 is 4.74 Å². The van der Waals surface area contributed by atoms with Gasteiger partial charge >= 0.3 is 5.97 Å². The van der Waals surface area contributed by atoms with Crippen molar-refractivity contribution in [3.8, 4) is 5.75 Å². The number of nitrogens with zero attached hydrogens (tertiary/aromatic N) is 2. The lowest BCUT2D eigenvalue weighted by atomic mass is 9.86. The lowest BCUT2D eigenvalue weighted by Gasteiger charge is -2.35. The SMILES string of the molecule is COc1ccccc1C1CCN(C[C@H]2CN([C@@H](C(=O)O)C(C)C)C[C@@H]2c2ccccc2)CC1.